The molecule has 0 fully saturated rings. The lowest BCUT2D eigenvalue weighted by Crippen LogP contribution is -1.97. The molecular formula is C10H10N4O2S. The highest BCUT2D eigenvalue weighted by molar-refractivity contribution is 7.99. The third-order valence-corrected chi connectivity index (χ3v) is 2.79. The SMILES string of the molecule is Cc1cc(-c2nc(SCC(=O)O)n[nH]2)ccn1. The third kappa shape index (κ3) is 3.04. The minimum absolute atomic E-state index is 0.0489. The molecule has 2 aromatic heterocycles. The van der Waals surface area contributed by atoms with Crippen molar-refractivity contribution in [2.24, 2.45) is 0 Å². The highest BCUT2D eigenvalue weighted by Gasteiger charge is 2.08. The topological polar surface area (TPSA) is 91.8 Å². The summed E-state index contributed by atoms with van der Waals surface area (Å²) in [6.45, 7) is 1.89. The molecule has 0 aliphatic rings. The van der Waals surface area contributed by atoms with Crippen molar-refractivity contribution in [3.05, 3.63) is 24.0 Å². The van der Waals surface area contributed by atoms with E-state index >= 15 is 0 Å². The van der Waals surface area contributed by atoms with Gasteiger partial charge in [-0.3, -0.25) is 14.9 Å². The van der Waals surface area contributed by atoms with Gasteiger partial charge in [-0.05, 0) is 19.1 Å². The van der Waals surface area contributed by atoms with E-state index < -0.39 is 5.97 Å². The molecule has 0 spiro atoms. The van der Waals surface area contributed by atoms with Crippen LogP contribution in [0.15, 0.2) is 23.5 Å². The van der Waals surface area contributed by atoms with E-state index in [0.717, 1.165) is 23.0 Å². The number of nitrogens with one attached hydrogen (secondary N) is 1. The van der Waals surface area contributed by atoms with Crippen LogP contribution in [0.2, 0.25) is 0 Å². The number of aromatic amines is 1. The van der Waals surface area contributed by atoms with Crippen LogP contribution < -0.4 is 0 Å². The van der Waals surface area contributed by atoms with Crippen molar-refractivity contribution < 1.29 is 9.90 Å². The summed E-state index contributed by atoms with van der Waals surface area (Å²) in [6, 6.07) is 3.70. The minimum atomic E-state index is -0.888. The number of carboxylic acid groups (broad SMARTS) is 1. The molecule has 0 aromatic carbocycles. The summed E-state index contributed by atoms with van der Waals surface area (Å²) in [5, 5.41) is 15.7. The average molecular weight is 250 g/mol. The van der Waals surface area contributed by atoms with E-state index in [1.54, 1.807) is 6.20 Å². The first-order valence-corrected chi connectivity index (χ1v) is 5.84. The fraction of sp³-hybridized carbons (Fsp3) is 0.200. The molecule has 7 heteroatoms. The molecule has 0 atom stereocenters. The molecule has 17 heavy (non-hydrogen) atoms. The maximum Gasteiger partial charge on any atom is 0.313 e. The molecule has 2 heterocycles. The van der Waals surface area contributed by atoms with Gasteiger partial charge in [-0.1, -0.05) is 11.8 Å². The molecule has 0 radical (unpaired) electrons. The van der Waals surface area contributed by atoms with Crippen LogP contribution in [0.25, 0.3) is 11.4 Å². The van der Waals surface area contributed by atoms with E-state index in [1.165, 1.54) is 0 Å². The number of rotatable bonds is 4. The lowest BCUT2D eigenvalue weighted by Gasteiger charge is -1.96. The molecule has 0 bridgehead atoms. The lowest BCUT2D eigenvalue weighted by atomic mass is 10.2. The lowest BCUT2D eigenvalue weighted by molar-refractivity contribution is -0.133. The summed E-state index contributed by atoms with van der Waals surface area (Å²) >= 11 is 1.08. The predicted molar refractivity (Wildman–Crippen MR) is 62.7 cm³/mol. The zero-order valence-corrected chi connectivity index (χ0v) is 9.86. The van der Waals surface area contributed by atoms with Crippen LogP contribution in [0.4, 0.5) is 0 Å². The van der Waals surface area contributed by atoms with Gasteiger partial charge < -0.3 is 5.11 Å². The Hall–Kier alpha value is -1.89. The number of aliphatic carboxylic acids is 1. The van der Waals surface area contributed by atoms with E-state index in [4.69, 9.17) is 5.11 Å². The van der Waals surface area contributed by atoms with Crippen LogP contribution in [0.1, 0.15) is 5.69 Å². The zero-order valence-electron chi connectivity index (χ0n) is 9.04. The normalized spacial score (nSPS) is 10.4. The van der Waals surface area contributed by atoms with E-state index in [2.05, 4.69) is 20.2 Å². The van der Waals surface area contributed by atoms with Gasteiger partial charge in [0.25, 0.3) is 0 Å². The smallest absolute Gasteiger partial charge is 0.313 e. The highest BCUT2D eigenvalue weighted by Crippen LogP contribution is 2.18. The second kappa shape index (κ2) is 4.96. The Morgan fingerprint density at radius 3 is 3.12 bits per heavy atom. The molecule has 2 rings (SSSR count). The molecule has 2 N–H and O–H groups in total. The molecular weight excluding hydrogens is 240 g/mol. The molecule has 0 aliphatic carbocycles. The van der Waals surface area contributed by atoms with Crippen LogP contribution in [-0.4, -0.2) is 37.0 Å². The number of carbonyl (C=O) groups is 1. The minimum Gasteiger partial charge on any atom is -0.481 e. The summed E-state index contributed by atoms with van der Waals surface area (Å²) in [7, 11) is 0. The number of H-pyrrole nitrogens is 1. The first-order valence-electron chi connectivity index (χ1n) is 4.85. The number of hydrogen-bond donors (Lipinski definition) is 2. The van der Waals surface area contributed by atoms with Gasteiger partial charge >= 0.3 is 5.97 Å². The molecule has 6 nitrogen and oxygen atoms in total. The van der Waals surface area contributed by atoms with Crippen LogP contribution in [0.3, 0.4) is 0 Å². The number of hydrogen-bond acceptors (Lipinski definition) is 5. The largest absolute Gasteiger partial charge is 0.481 e. The highest BCUT2D eigenvalue weighted by atomic mass is 32.2. The maximum absolute atomic E-state index is 10.4. The number of carboxylic acids is 1. The number of nitrogens with zero attached hydrogens (tertiary/aromatic N) is 3. The fourth-order valence-electron chi connectivity index (χ4n) is 1.26. The van der Waals surface area contributed by atoms with E-state index in [1.807, 2.05) is 19.1 Å². The van der Waals surface area contributed by atoms with Crippen LogP contribution >= 0.6 is 11.8 Å². The fourth-order valence-corrected chi connectivity index (χ4v) is 1.78. The van der Waals surface area contributed by atoms with Crippen molar-refractivity contribution in [3.8, 4) is 11.4 Å². The van der Waals surface area contributed by atoms with E-state index in [-0.39, 0.29) is 5.75 Å². The summed E-state index contributed by atoms with van der Waals surface area (Å²) < 4.78 is 0. The van der Waals surface area contributed by atoms with Crippen LogP contribution in [0, 0.1) is 6.92 Å². The van der Waals surface area contributed by atoms with E-state index in [0.29, 0.717) is 11.0 Å². The van der Waals surface area contributed by atoms with Gasteiger partial charge in [0.2, 0.25) is 5.16 Å². The Kier molecular flexibility index (Phi) is 3.38. The second-order valence-electron chi connectivity index (χ2n) is 3.33. The number of aryl methyl sites for hydroxylation is 1. The summed E-state index contributed by atoms with van der Waals surface area (Å²) in [5.74, 6) is -0.323. The van der Waals surface area contributed by atoms with Crippen LogP contribution in [-0.2, 0) is 4.79 Å². The number of aromatic nitrogens is 4. The van der Waals surface area contributed by atoms with Gasteiger partial charge in [-0.15, -0.1) is 5.10 Å². The summed E-state index contributed by atoms with van der Waals surface area (Å²) in [6.07, 6.45) is 1.69. The maximum atomic E-state index is 10.4. The number of thioether (sulfide) groups is 1. The Morgan fingerprint density at radius 1 is 1.59 bits per heavy atom. The van der Waals surface area contributed by atoms with Crippen molar-refractivity contribution in [3.63, 3.8) is 0 Å². The monoisotopic (exact) mass is 250 g/mol. The average Bonchev–Trinajstić information content (AvgIpc) is 2.75. The Balaban J connectivity index is 2.15. The standard InChI is InChI=1S/C10H10N4O2S/c1-6-4-7(2-3-11-6)9-12-10(14-13-9)17-5-8(15)16/h2-4H,5H2,1H3,(H,15,16)(H,12,13,14). The second-order valence-corrected chi connectivity index (χ2v) is 4.28. The van der Waals surface area contributed by atoms with Crippen molar-refractivity contribution in [2.75, 3.05) is 5.75 Å². The van der Waals surface area contributed by atoms with E-state index in [9.17, 15) is 4.79 Å². The van der Waals surface area contributed by atoms with Crippen molar-refractivity contribution in [1.82, 2.24) is 20.2 Å². The number of pyridine rings is 1. The molecule has 2 aromatic rings. The van der Waals surface area contributed by atoms with Crippen molar-refractivity contribution in [2.45, 2.75) is 12.1 Å². The molecule has 0 saturated carbocycles. The van der Waals surface area contributed by atoms with Gasteiger partial charge in [-0.2, -0.15) is 0 Å². The molecule has 88 valence electrons. The van der Waals surface area contributed by atoms with Gasteiger partial charge in [0.1, 0.15) is 0 Å². The van der Waals surface area contributed by atoms with Gasteiger partial charge in [0.15, 0.2) is 5.82 Å². The van der Waals surface area contributed by atoms with Crippen LogP contribution in [0.5, 0.6) is 0 Å². The van der Waals surface area contributed by atoms with Crippen molar-refractivity contribution in [1.29, 1.82) is 0 Å². The van der Waals surface area contributed by atoms with Gasteiger partial charge in [-0.25, -0.2) is 4.98 Å². The Morgan fingerprint density at radius 2 is 2.41 bits per heavy atom. The Labute approximate surface area is 101 Å². The predicted octanol–water partition coefficient (Wildman–Crippen LogP) is 1.35. The molecule has 0 aliphatic heterocycles. The summed E-state index contributed by atoms with van der Waals surface area (Å²) in [5.41, 5.74) is 1.77. The quantitative estimate of drug-likeness (QED) is 0.796. The van der Waals surface area contributed by atoms with Gasteiger partial charge in [0.05, 0.1) is 5.75 Å². The summed E-state index contributed by atoms with van der Waals surface area (Å²) in [4.78, 5) is 18.7. The molecule has 0 saturated heterocycles. The molecule has 0 unspecified atom stereocenters. The molecule has 0 amide bonds. The van der Waals surface area contributed by atoms with Crippen molar-refractivity contribution >= 4 is 17.7 Å². The Bertz CT molecular complexity index is 541. The first-order chi connectivity index (χ1) is 8.15. The first kappa shape index (κ1) is 11.6. The third-order valence-electron chi connectivity index (χ3n) is 1.96. The zero-order chi connectivity index (χ0) is 12.3. The van der Waals surface area contributed by atoms with Gasteiger partial charge in [0, 0.05) is 17.5 Å².